The lowest BCUT2D eigenvalue weighted by molar-refractivity contribution is 0.312. The molecule has 0 spiro atoms. The molecule has 0 bridgehead atoms. The van der Waals surface area contributed by atoms with Gasteiger partial charge in [0.2, 0.25) is 0 Å². The van der Waals surface area contributed by atoms with E-state index in [-0.39, 0.29) is 0 Å². The van der Waals surface area contributed by atoms with Crippen molar-refractivity contribution in [1.29, 1.82) is 5.41 Å². The first kappa shape index (κ1) is 9.77. The Morgan fingerprint density at radius 2 is 2.46 bits per heavy atom. The van der Waals surface area contributed by atoms with E-state index in [0.29, 0.717) is 18.9 Å². The summed E-state index contributed by atoms with van der Waals surface area (Å²) in [6.07, 6.45) is 7.09. The highest BCUT2D eigenvalue weighted by atomic mass is 16.5. The third-order valence-electron chi connectivity index (χ3n) is 1.70. The van der Waals surface area contributed by atoms with Crippen LogP contribution in [0.4, 0.5) is 0 Å². The fourth-order valence-corrected chi connectivity index (χ4v) is 1.09. The molecule has 0 saturated carbocycles. The lowest BCUT2D eigenvalue weighted by atomic mass is 10.3. The zero-order valence-corrected chi connectivity index (χ0v) is 7.86. The van der Waals surface area contributed by atoms with Gasteiger partial charge in [-0.1, -0.05) is 0 Å². The van der Waals surface area contributed by atoms with E-state index in [4.69, 9.17) is 10.1 Å². The Bertz CT molecular complexity index is 243. The molecule has 4 heteroatoms. The molecule has 0 atom stereocenters. The molecule has 0 amide bonds. The van der Waals surface area contributed by atoms with Crippen molar-refractivity contribution in [2.45, 2.75) is 26.3 Å². The summed E-state index contributed by atoms with van der Waals surface area (Å²) >= 11 is 0. The van der Waals surface area contributed by atoms with Gasteiger partial charge >= 0.3 is 0 Å². The van der Waals surface area contributed by atoms with E-state index in [9.17, 15) is 0 Å². The van der Waals surface area contributed by atoms with Crippen molar-refractivity contribution in [3.63, 3.8) is 0 Å². The average Bonchev–Trinajstić information content (AvgIpc) is 2.57. The highest BCUT2D eigenvalue weighted by molar-refractivity contribution is 5.72. The Balaban J connectivity index is 2.11. The van der Waals surface area contributed by atoms with Crippen molar-refractivity contribution in [2.75, 3.05) is 6.61 Å². The van der Waals surface area contributed by atoms with Crippen LogP contribution in [0.5, 0.6) is 0 Å². The molecular weight excluding hydrogens is 166 g/mol. The van der Waals surface area contributed by atoms with Crippen LogP contribution in [0.1, 0.15) is 19.8 Å². The Kier molecular flexibility index (Phi) is 4.02. The summed E-state index contributed by atoms with van der Waals surface area (Å²) in [4.78, 5) is 3.93. The van der Waals surface area contributed by atoms with Crippen molar-refractivity contribution in [2.24, 2.45) is 0 Å². The molecule has 1 rings (SSSR count). The van der Waals surface area contributed by atoms with Gasteiger partial charge in [0.15, 0.2) is 5.90 Å². The largest absolute Gasteiger partial charge is 0.481 e. The van der Waals surface area contributed by atoms with Crippen molar-refractivity contribution in [1.82, 2.24) is 9.55 Å². The monoisotopic (exact) mass is 181 g/mol. The summed E-state index contributed by atoms with van der Waals surface area (Å²) in [6, 6.07) is 0. The molecule has 0 unspecified atom stereocenters. The smallest absolute Gasteiger partial charge is 0.180 e. The summed E-state index contributed by atoms with van der Waals surface area (Å²) in [6.45, 7) is 3.38. The van der Waals surface area contributed by atoms with Gasteiger partial charge in [0, 0.05) is 25.4 Å². The molecule has 1 aromatic rings. The van der Waals surface area contributed by atoms with Crippen LogP contribution >= 0.6 is 0 Å². The summed E-state index contributed by atoms with van der Waals surface area (Å²) in [5.74, 6) is 0.377. The maximum atomic E-state index is 7.37. The molecule has 72 valence electrons. The quantitative estimate of drug-likeness (QED) is 0.555. The topological polar surface area (TPSA) is 50.9 Å². The number of imidazole rings is 1. The van der Waals surface area contributed by atoms with Crippen molar-refractivity contribution in [3.05, 3.63) is 18.7 Å². The lowest BCUT2D eigenvalue weighted by Crippen LogP contribution is -2.04. The van der Waals surface area contributed by atoms with Crippen molar-refractivity contribution >= 4 is 5.90 Å². The number of rotatable bonds is 5. The molecule has 0 aliphatic rings. The zero-order chi connectivity index (χ0) is 9.52. The molecule has 1 N–H and O–H groups in total. The maximum Gasteiger partial charge on any atom is 0.180 e. The zero-order valence-electron chi connectivity index (χ0n) is 7.86. The summed E-state index contributed by atoms with van der Waals surface area (Å²) < 4.78 is 7.02. The molecule has 0 aliphatic carbocycles. The third kappa shape index (κ3) is 3.73. The second kappa shape index (κ2) is 5.35. The first-order valence-corrected chi connectivity index (χ1v) is 4.49. The van der Waals surface area contributed by atoms with Crippen LogP contribution in [0.2, 0.25) is 0 Å². The van der Waals surface area contributed by atoms with Crippen LogP contribution in [0, 0.1) is 5.41 Å². The molecule has 0 aromatic carbocycles. The minimum absolute atomic E-state index is 0.377. The lowest BCUT2D eigenvalue weighted by Gasteiger charge is -2.04. The van der Waals surface area contributed by atoms with E-state index in [2.05, 4.69) is 4.98 Å². The van der Waals surface area contributed by atoms with Crippen LogP contribution in [0.15, 0.2) is 18.7 Å². The molecule has 0 aliphatic heterocycles. The normalized spacial score (nSPS) is 9.92. The van der Waals surface area contributed by atoms with E-state index in [0.717, 1.165) is 13.0 Å². The van der Waals surface area contributed by atoms with Gasteiger partial charge in [-0.05, 0) is 13.3 Å². The first-order valence-electron chi connectivity index (χ1n) is 4.49. The fraction of sp³-hybridized carbons (Fsp3) is 0.556. The van der Waals surface area contributed by atoms with Crippen LogP contribution in [-0.2, 0) is 11.3 Å². The molecule has 4 nitrogen and oxygen atoms in total. The number of hydrogen-bond acceptors (Lipinski definition) is 3. The minimum atomic E-state index is 0.377. The van der Waals surface area contributed by atoms with Gasteiger partial charge in [-0.3, -0.25) is 5.41 Å². The van der Waals surface area contributed by atoms with Crippen molar-refractivity contribution < 1.29 is 4.74 Å². The van der Waals surface area contributed by atoms with E-state index < -0.39 is 0 Å². The second-order valence-corrected chi connectivity index (χ2v) is 2.76. The van der Waals surface area contributed by atoms with E-state index in [1.54, 1.807) is 12.5 Å². The van der Waals surface area contributed by atoms with Gasteiger partial charge in [-0.2, -0.15) is 0 Å². The minimum Gasteiger partial charge on any atom is -0.481 e. The maximum absolute atomic E-state index is 7.37. The highest BCUT2D eigenvalue weighted by Gasteiger charge is 1.96. The second-order valence-electron chi connectivity index (χ2n) is 2.76. The van der Waals surface area contributed by atoms with Crippen LogP contribution in [0.3, 0.4) is 0 Å². The number of nitrogens with one attached hydrogen (secondary N) is 1. The Morgan fingerprint density at radius 3 is 3.08 bits per heavy atom. The molecule has 0 radical (unpaired) electrons. The predicted molar refractivity (Wildman–Crippen MR) is 50.8 cm³/mol. The van der Waals surface area contributed by atoms with E-state index in [1.165, 1.54) is 0 Å². The Morgan fingerprint density at radius 1 is 1.62 bits per heavy atom. The van der Waals surface area contributed by atoms with Gasteiger partial charge in [0.1, 0.15) is 0 Å². The average molecular weight is 181 g/mol. The fourth-order valence-electron chi connectivity index (χ4n) is 1.09. The predicted octanol–water partition coefficient (Wildman–Crippen LogP) is 1.68. The summed E-state index contributed by atoms with van der Waals surface area (Å²) in [5.41, 5.74) is 0. The Hall–Kier alpha value is -1.32. The molecule has 1 heterocycles. The van der Waals surface area contributed by atoms with E-state index in [1.807, 2.05) is 17.7 Å². The van der Waals surface area contributed by atoms with E-state index >= 15 is 0 Å². The first-order chi connectivity index (χ1) is 6.33. The van der Waals surface area contributed by atoms with Gasteiger partial charge < -0.3 is 9.30 Å². The third-order valence-corrected chi connectivity index (χ3v) is 1.70. The SMILES string of the molecule is CCOC(=N)CCCn1ccnc1. The van der Waals surface area contributed by atoms with Crippen LogP contribution < -0.4 is 0 Å². The van der Waals surface area contributed by atoms with Gasteiger partial charge in [0.05, 0.1) is 12.9 Å². The highest BCUT2D eigenvalue weighted by Crippen LogP contribution is 1.97. The number of aromatic nitrogens is 2. The summed E-state index contributed by atoms with van der Waals surface area (Å²) in [5, 5.41) is 7.37. The molecule has 13 heavy (non-hydrogen) atoms. The van der Waals surface area contributed by atoms with Gasteiger partial charge in [0.25, 0.3) is 0 Å². The molecule has 0 saturated heterocycles. The molecular formula is C9H15N3O. The number of ether oxygens (including phenoxy) is 1. The van der Waals surface area contributed by atoms with Gasteiger partial charge in [-0.25, -0.2) is 4.98 Å². The molecule has 1 aromatic heterocycles. The number of nitrogens with zero attached hydrogens (tertiary/aromatic N) is 2. The molecule has 0 fully saturated rings. The van der Waals surface area contributed by atoms with Crippen LogP contribution in [-0.4, -0.2) is 22.1 Å². The Labute approximate surface area is 78.1 Å². The summed E-state index contributed by atoms with van der Waals surface area (Å²) in [7, 11) is 0. The standard InChI is InChI=1S/C9H15N3O/c1-2-13-9(10)4-3-6-12-7-5-11-8-12/h5,7-8,10H,2-4,6H2,1H3. The van der Waals surface area contributed by atoms with Crippen LogP contribution in [0.25, 0.3) is 0 Å². The van der Waals surface area contributed by atoms with Crippen molar-refractivity contribution in [3.8, 4) is 0 Å². The van der Waals surface area contributed by atoms with Gasteiger partial charge in [-0.15, -0.1) is 0 Å². The number of hydrogen-bond donors (Lipinski definition) is 1. The number of aryl methyl sites for hydroxylation is 1.